The van der Waals surface area contributed by atoms with Crippen molar-refractivity contribution in [2.45, 2.75) is 38.8 Å². The van der Waals surface area contributed by atoms with Crippen molar-refractivity contribution in [3.05, 3.63) is 36.1 Å². The lowest BCUT2D eigenvalue weighted by atomic mass is 10.1. The number of aliphatic hydroxyl groups is 1. The van der Waals surface area contributed by atoms with Crippen LogP contribution in [0.3, 0.4) is 0 Å². The van der Waals surface area contributed by atoms with Crippen molar-refractivity contribution in [3.8, 4) is 0 Å². The lowest BCUT2D eigenvalue weighted by Gasteiger charge is -2.25. The molecule has 19 heavy (non-hydrogen) atoms. The van der Waals surface area contributed by atoms with Gasteiger partial charge in [0, 0.05) is 18.0 Å². The zero-order valence-corrected chi connectivity index (χ0v) is 12.0. The third kappa shape index (κ3) is 3.37. The summed E-state index contributed by atoms with van der Waals surface area (Å²) in [6.45, 7) is 4.97. The molecule has 3 nitrogen and oxygen atoms in total. The van der Waals surface area contributed by atoms with Gasteiger partial charge in [0.05, 0.1) is 0 Å². The molecule has 0 saturated carbocycles. The van der Waals surface area contributed by atoms with Crippen LogP contribution in [0.25, 0.3) is 11.0 Å². The maximum atomic E-state index is 10.3. The number of para-hydroxylation sites is 1. The predicted molar refractivity (Wildman–Crippen MR) is 78.2 cm³/mol. The van der Waals surface area contributed by atoms with Gasteiger partial charge < -0.3 is 14.4 Å². The zero-order valence-electron chi connectivity index (χ0n) is 12.0. The summed E-state index contributed by atoms with van der Waals surface area (Å²) >= 11 is 0. The smallest absolute Gasteiger partial charge is 0.135 e. The van der Waals surface area contributed by atoms with Gasteiger partial charge in [-0.15, -0.1) is 0 Å². The Morgan fingerprint density at radius 2 is 2.05 bits per heavy atom. The second-order valence-corrected chi connectivity index (χ2v) is 5.28. The number of furan rings is 1. The van der Waals surface area contributed by atoms with Gasteiger partial charge in [-0.25, -0.2) is 0 Å². The molecular weight excluding hydrogens is 238 g/mol. The summed E-state index contributed by atoms with van der Waals surface area (Å²) in [5.41, 5.74) is 0.834. The minimum absolute atomic E-state index is 0.476. The second kappa shape index (κ2) is 6.22. The van der Waals surface area contributed by atoms with Crippen LogP contribution in [0.2, 0.25) is 0 Å². The molecule has 0 radical (unpaired) electrons. The Bertz CT molecular complexity index is 487. The Morgan fingerprint density at radius 1 is 1.32 bits per heavy atom. The Balaban J connectivity index is 2.04. The molecule has 1 aromatic carbocycles. The molecule has 2 unspecified atom stereocenters. The van der Waals surface area contributed by atoms with Gasteiger partial charge in [-0.2, -0.15) is 0 Å². The molecule has 104 valence electrons. The SMILES string of the molecule is CCCC(C)N(C)CC(O)c1cc2ccccc2o1. The third-order valence-electron chi connectivity index (χ3n) is 3.69. The summed E-state index contributed by atoms with van der Waals surface area (Å²) in [4.78, 5) is 2.18. The number of rotatable bonds is 6. The van der Waals surface area contributed by atoms with Crippen molar-refractivity contribution in [1.29, 1.82) is 0 Å². The fourth-order valence-electron chi connectivity index (χ4n) is 2.35. The van der Waals surface area contributed by atoms with Crippen LogP contribution in [0.1, 0.15) is 38.6 Å². The van der Waals surface area contributed by atoms with E-state index in [1.165, 1.54) is 0 Å². The number of aliphatic hydroxyl groups excluding tert-OH is 1. The maximum absolute atomic E-state index is 10.3. The highest BCUT2D eigenvalue weighted by Crippen LogP contribution is 2.24. The molecule has 1 aromatic heterocycles. The number of fused-ring (bicyclic) bond motifs is 1. The van der Waals surface area contributed by atoms with Crippen LogP contribution in [-0.4, -0.2) is 29.6 Å². The van der Waals surface area contributed by atoms with Crippen molar-refractivity contribution in [2.75, 3.05) is 13.6 Å². The zero-order chi connectivity index (χ0) is 13.8. The number of hydrogen-bond acceptors (Lipinski definition) is 3. The third-order valence-corrected chi connectivity index (χ3v) is 3.69. The molecule has 2 rings (SSSR count). The van der Waals surface area contributed by atoms with Crippen LogP contribution in [0.15, 0.2) is 34.7 Å². The second-order valence-electron chi connectivity index (χ2n) is 5.28. The first-order valence-electron chi connectivity index (χ1n) is 6.98. The van der Waals surface area contributed by atoms with Crippen LogP contribution in [0.4, 0.5) is 0 Å². The Kier molecular flexibility index (Phi) is 4.61. The molecule has 0 saturated heterocycles. The Labute approximate surface area is 114 Å². The van der Waals surface area contributed by atoms with Gasteiger partial charge in [0.15, 0.2) is 0 Å². The van der Waals surface area contributed by atoms with Gasteiger partial charge in [-0.05, 0) is 32.5 Å². The van der Waals surface area contributed by atoms with E-state index < -0.39 is 6.10 Å². The van der Waals surface area contributed by atoms with Gasteiger partial charge in [0.25, 0.3) is 0 Å². The molecule has 0 amide bonds. The standard InChI is InChI=1S/C16H23NO2/c1-4-7-12(2)17(3)11-14(18)16-10-13-8-5-6-9-15(13)19-16/h5-6,8-10,12,14,18H,4,7,11H2,1-3H3. The molecule has 0 aliphatic heterocycles. The topological polar surface area (TPSA) is 36.6 Å². The summed E-state index contributed by atoms with van der Waals surface area (Å²) in [5, 5.41) is 11.3. The van der Waals surface area contributed by atoms with Crippen LogP contribution in [-0.2, 0) is 0 Å². The molecule has 0 spiro atoms. The first-order valence-corrected chi connectivity index (χ1v) is 6.98. The molecule has 0 aliphatic rings. The monoisotopic (exact) mass is 261 g/mol. The van der Waals surface area contributed by atoms with Gasteiger partial charge >= 0.3 is 0 Å². The number of benzene rings is 1. The van der Waals surface area contributed by atoms with E-state index in [1.54, 1.807) is 0 Å². The predicted octanol–water partition coefficient (Wildman–Crippen LogP) is 3.59. The largest absolute Gasteiger partial charge is 0.458 e. The van der Waals surface area contributed by atoms with Crippen molar-refractivity contribution in [1.82, 2.24) is 4.90 Å². The van der Waals surface area contributed by atoms with Gasteiger partial charge in [0.2, 0.25) is 0 Å². The molecular formula is C16H23NO2. The summed E-state index contributed by atoms with van der Waals surface area (Å²) in [6, 6.07) is 10.2. The van der Waals surface area contributed by atoms with Crippen molar-refractivity contribution >= 4 is 11.0 Å². The first-order chi connectivity index (χ1) is 9.11. The quantitative estimate of drug-likeness (QED) is 0.863. The minimum Gasteiger partial charge on any atom is -0.458 e. The van der Waals surface area contributed by atoms with E-state index in [0.29, 0.717) is 18.3 Å². The molecule has 1 heterocycles. The number of hydrogen-bond donors (Lipinski definition) is 1. The van der Waals surface area contributed by atoms with Crippen molar-refractivity contribution < 1.29 is 9.52 Å². The Hall–Kier alpha value is -1.32. The van der Waals surface area contributed by atoms with E-state index in [9.17, 15) is 5.11 Å². The fraction of sp³-hybridized carbons (Fsp3) is 0.500. The summed E-state index contributed by atoms with van der Waals surface area (Å²) in [7, 11) is 2.05. The number of likely N-dealkylation sites (N-methyl/N-ethyl adjacent to an activating group) is 1. The van der Waals surface area contributed by atoms with Crippen LogP contribution in [0, 0.1) is 0 Å². The lowest BCUT2D eigenvalue weighted by molar-refractivity contribution is 0.0899. The highest BCUT2D eigenvalue weighted by atomic mass is 16.4. The molecule has 1 N–H and O–H groups in total. The van der Waals surface area contributed by atoms with Gasteiger partial charge in [0.1, 0.15) is 17.4 Å². The van der Waals surface area contributed by atoms with E-state index in [0.717, 1.165) is 23.8 Å². The lowest BCUT2D eigenvalue weighted by Crippen LogP contribution is -2.32. The van der Waals surface area contributed by atoms with E-state index in [1.807, 2.05) is 37.4 Å². The summed E-state index contributed by atoms with van der Waals surface area (Å²) < 4.78 is 5.69. The summed E-state index contributed by atoms with van der Waals surface area (Å²) in [5.74, 6) is 0.650. The van der Waals surface area contributed by atoms with Crippen LogP contribution < -0.4 is 0 Å². The molecule has 2 aromatic rings. The van der Waals surface area contributed by atoms with Gasteiger partial charge in [-0.3, -0.25) is 0 Å². The average molecular weight is 261 g/mol. The number of nitrogens with zero attached hydrogens (tertiary/aromatic N) is 1. The maximum Gasteiger partial charge on any atom is 0.135 e. The average Bonchev–Trinajstić information content (AvgIpc) is 2.82. The first kappa shape index (κ1) is 14.1. The van der Waals surface area contributed by atoms with Crippen molar-refractivity contribution in [3.63, 3.8) is 0 Å². The van der Waals surface area contributed by atoms with E-state index in [4.69, 9.17) is 4.42 Å². The van der Waals surface area contributed by atoms with Crippen LogP contribution in [0.5, 0.6) is 0 Å². The van der Waals surface area contributed by atoms with Gasteiger partial charge in [-0.1, -0.05) is 31.5 Å². The van der Waals surface area contributed by atoms with E-state index in [2.05, 4.69) is 18.7 Å². The van der Waals surface area contributed by atoms with E-state index in [-0.39, 0.29) is 0 Å². The highest BCUT2D eigenvalue weighted by molar-refractivity contribution is 5.77. The van der Waals surface area contributed by atoms with E-state index >= 15 is 0 Å². The molecule has 3 heteroatoms. The molecule has 0 aliphatic carbocycles. The molecule has 2 atom stereocenters. The minimum atomic E-state index is -0.572. The fourth-order valence-corrected chi connectivity index (χ4v) is 2.35. The Morgan fingerprint density at radius 3 is 2.74 bits per heavy atom. The normalized spacial score (nSPS) is 15.0. The molecule has 0 bridgehead atoms. The van der Waals surface area contributed by atoms with Crippen molar-refractivity contribution in [2.24, 2.45) is 0 Å². The summed E-state index contributed by atoms with van der Waals surface area (Å²) in [6.07, 6.45) is 1.73. The highest BCUT2D eigenvalue weighted by Gasteiger charge is 2.18. The molecule has 0 fully saturated rings. The van der Waals surface area contributed by atoms with Crippen LogP contribution >= 0.6 is 0 Å².